The van der Waals surface area contributed by atoms with Crippen molar-refractivity contribution in [1.82, 2.24) is 4.90 Å². The Morgan fingerprint density at radius 3 is 2.53 bits per heavy atom. The van der Waals surface area contributed by atoms with Gasteiger partial charge in [-0.1, -0.05) is 43.2 Å². The summed E-state index contributed by atoms with van der Waals surface area (Å²) in [5, 5.41) is 0. The third-order valence-electron chi connectivity index (χ3n) is 4.19. The zero-order chi connectivity index (χ0) is 13.5. The Morgan fingerprint density at radius 1 is 1.21 bits per heavy atom. The highest BCUT2D eigenvalue weighted by atomic mass is 16.2. The minimum absolute atomic E-state index is 0.352. The van der Waals surface area contributed by atoms with Crippen molar-refractivity contribution in [3.63, 3.8) is 0 Å². The van der Waals surface area contributed by atoms with Gasteiger partial charge in [-0.25, -0.2) is 0 Å². The maximum Gasteiger partial charge on any atom is 0.222 e. The summed E-state index contributed by atoms with van der Waals surface area (Å²) in [6.07, 6.45) is 6.86. The molecule has 19 heavy (non-hydrogen) atoms. The zero-order valence-corrected chi connectivity index (χ0v) is 12.0. The molecule has 1 amide bonds. The Kier molecular flexibility index (Phi) is 5.44. The largest absolute Gasteiger partial charge is 0.343 e. The molecule has 1 aromatic rings. The summed E-state index contributed by atoms with van der Waals surface area (Å²) in [4.78, 5) is 14.3. The lowest BCUT2D eigenvalue weighted by Gasteiger charge is -2.22. The molecule has 0 heterocycles. The minimum Gasteiger partial charge on any atom is -0.343 e. The van der Waals surface area contributed by atoms with E-state index in [4.69, 9.17) is 0 Å². The van der Waals surface area contributed by atoms with Gasteiger partial charge in [-0.05, 0) is 37.7 Å². The number of carbonyl (C=O) groups is 1. The van der Waals surface area contributed by atoms with E-state index in [0.29, 0.717) is 11.8 Å². The van der Waals surface area contributed by atoms with Gasteiger partial charge in [0.15, 0.2) is 0 Å². The number of likely N-dealkylation sites (N-methyl/N-ethyl adjacent to an activating group) is 1. The van der Waals surface area contributed by atoms with E-state index in [0.717, 1.165) is 25.9 Å². The summed E-state index contributed by atoms with van der Waals surface area (Å²) in [7, 11) is 0. The molecule has 2 nitrogen and oxygen atoms in total. The Balaban J connectivity index is 1.80. The van der Waals surface area contributed by atoms with Crippen molar-refractivity contribution in [1.29, 1.82) is 0 Å². The van der Waals surface area contributed by atoms with Gasteiger partial charge in [0.2, 0.25) is 5.91 Å². The third kappa shape index (κ3) is 4.38. The Labute approximate surface area is 116 Å². The monoisotopic (exact) mass is 259 g/mol. The Morgan fingerprint density at radius 2 is 1.89 bits per heavy atom. The maximum atomic E-state index is 12.3. The van der Waals surface area contributed by atoms with Crippen molar-refractivity contribution in [2.24, 2.45) is 5.92 Å². The number of hydrogen-bond donors (Lipinski definition) is 0. The van der Waals surface area contributed by atoms with Crippen molar-refractivity contribution in [3.05, 3.63) is 35.9 Å². The zero-order valence-electron chi connectivity index (χ0n) is 12.0. The molecule has 1 aromatic carbocycles. The van der Waals surface area contributed by atoms with Crippen LogP contribution in [0, 0.1) is 5.92 Å². The van der Waals surface area contributed by atoms with Crippen molar-refractivity contribution >= 4 is 5.91 Å². The van der Waals surface area contributed by atoms with Crippen molar-refractivity contribution in [2.75, 3.05) is 13.1 Å². The van der Waals surface area contributed by atoms with E-state index in [1.54, 1.807) is 0 Å². The van der Waals surface area contributed by atoms with Crippen LogP contribution in [-0.2, 0) is 11.2 Å². The van der Waals surface area contributed by atoms with Gasteiger partial charge in [-0.3, -0.25) is 4.79 Å². The second kappa shape index (κ2) is 7.32. The summed E-state index contributed by atoms with van der Waals surface area (Å²) >= 11 is 0. The summed E-state index contributed by atoms with van der Waals surface area (Å²) < 4.78 is 0. The number of amides is 1. The number of rotatable bonds is 6. The van der Waals surface area contributed by atoms with E-state index in [1.165, 1.54) is 31.2 Å². The average molecular weight is 259 g/mol. The van der Waals surface area contributed by atoms with Crippen LogP contribution in [0.15, 0.2) is 30.3 Å². The van der Waals surface area contributed by atoms with Crippen LogP contribution in [0.4, 0.5) is 0 Å². The fourth-order valence-corrected chi connectivity index (χ4v) is 2.96. The van der Waals surface area contributed by atoms with Crippen LogP contribution in [0.25, 0.3) is 0 Å². The van der Waals surface area contributed by atoms with Gasteiger partial charge < -0.3 is 4.90 Å². The molecule has 2 heteroatoms. The molecule has 0 bridgehead atoms. The first-order chi connectivity index (χ1) is 9.29. The molecule has 0 aliphatic heterocycles. The fraction of sp³-hybridized carbons (Fsp3) is 0.588. The predicted molar refractivity (Wildman–Crippen MR) is 79.0 cm³/mol. The molecule has 0 saturated heterocycles. The molecule has 104 valence electrons. The van der Waals surface area contributed by atoms with Crippen LogP contribution in [-0.4, -0.2) is 23.9 Å². The fourth-order valence-electron chi connectivity index (χ4n) is 2.96. The van der Waals surface area contributed by atoms with Crippen molar-refractivity contribution < 1.29 is 4.79 Å². The molecule has 0 unspecified atom stereocenters. The molecule has 1 aliphatic carbocycles. The molecule has 0 spiro atoms. The van der Waals surface area contributed by atoms with Gasteiger partial charge in [0.05, 0.1) is 0 Å². The van der Waals surface area contributed by atoms with Crippen LogP contribution >= 0.6 is 0 Å². The summed E-state index contributed by atoms with van der Waals surface area (Å²) in [6.45, 7) is 3.77. The van der Waals surface area contributed by atoms with E-state index < -0.39 is 0 Å². The third-order valence-corrected chi connectivity index (χ3v) is 4.19. The first-order valence-corrected chi connectivity index (χ1v) is 7.61. The lowest BCUT2D eigenvalue weighted by Crippen LogP contribution is -2.33. The summed E-state index contributed by atoms with van der Waals surface area (Å²) in [5.41, 5.74) is 1.31. The first kappa shape index (κ1) is 14.1. The number of benzene rings is 1. The molecule has 0 aromatic heterocycles. The SMILES string of the molecule is CCN(CCc1ccccc1)C(=O)CC1CCCC1. The highest BCUT2D eigenvalue weighted by molar-refractivity contribution is 5.76. The van der Waals surface area contributed by atoms with Crippen molar-refractivity contribution in [3.8, 4) is 0 Å². The normalized spacial score (nSPS) is 15.6. The van der Waals surface area contributed by atoms with E-state index in [1.807, 2.05) is 11.0 Å². The predicted octanol–water partition coefficient (Wildman–Crippen LogP) is 3.66. The molecule has 2 rings (SSSR count). The van der Waals surface area contributed by atoms with Crippen LogP contribution in [0.5, 0.6) is 0 Å². The lowest BCUT2D eigenvalue weighted by atomic mass is 10.0. The molecule has 1 aliphatic rings. The Bertz CT molecular complexity index is 382. The maximum absolute atomic E-state index is 12.3. The first-order valence-electron chi connectivity index (χ1n) is 7.61. The molecule has 1 saturated carbocycles. The molecule has 1 fully saturated rings. The van der Waals surface area contributed by atoms with Gasteiger partial charge >= 0.3 is 0 Å². The van der Waals surface area contributed by atoms with E-state index in [-0.39, 0.29) is 0 Å². The van der Waals surface area contributed by atoms with E-state index in [2.05, 4.69) is 31.2 Å². The molecule has 0 atom stereocenters. The minimum atomic E-state index is 0.352. The van der Waals surface area contributed by atoms with Gasteiger partial charge in [0.25, 0.3) is 0 Å². The van der Waals surface area contributed by atoms with Gasteiger partial charge in [0.1, 0.15) is 0 Å². The molecular weight excluding hydrogens is 234 g/mol. The quantitative estimate of drug-likeness (QED) is 0.763. The number of hydrogen-bond acceptors (Lipinski definition) is 1. The molecule has 0 radical (unpaired) electrons. The summed E-state index contributed by atoms with van der Waals surface area (Å²) in [6, 6.07) is 10.4. The van der Waals surface area contributed by atoms with Gasteiger partial charge in [0, 0.05) is 19.5 Å². The molecule has 0 N–H and O–H groups in total. The van der Waals surface area contributed by atoms with E-state index in [9.17, 15) is 4.79 Å². The second-order valence-electron chi connectivity index (χ2n) is 5.56. The van der Waals surface area contributed by atoms with Crippen LogP contribution in [0.3, 0.4) is 0 Å². The summed E-state index contributed by atoms with van der Waals surface area (Å²) in [5.74, 6) is 1.00. The lowest BCUT2D eigenvalue weighted by molar-refractivity contribution is -0.132. The number of carbonyl (C=O) groups excluding carboxylic acids is 1. The number of nitrogens with zero attached hydrogens (tertiary/aromatic N) is 1. The smallest absolute Gasteiger partial charge is 0.222 e. The highest BCUT2D eigenvalue weighted by Crippen LogP contribution is 2.28. The van der Waals surface area contributed by atoms with Gasteiger partial charge in [-0.2, -0.15) is 0 Å². The second-order valence-corrected chi connectivity index (χ2v) is 5.56. The van der Waals surface area contributed by atoms with Crippen molar-refractivity contribution in [2.45, 2.75) is 45.4 Å². The standard InChI is InChI=1S/C17H25NO/c1-2-18(13-12-15-8-4-3-5-9-15)17(19)14-16-10-6-7-11-16/h3-5,8-9,16H,2,6-7,10-14H2,1H3. The highest BCUT2D eigenvalue weighted by Gasteiger charge is 2.21. The average Bonchev–Trinajstić information content (AvgIpc) is 2.93. The van der Waals surface area contributed by atoms with Crippen LogP contribution in [0.2, 0.25) is 0 Å². The topological polar surface area (TPSA) is 20.3 Å². The van der Waals surface area contributed by atoms with E-state index >= 15 is 0 Å². The van der Waals surface area contributed by atoms with Crippen LogP contribution < -0.4 is 0 Å². The Hall–Kier alpha value is -1.31. The van der Waals surface area contributed by atoms with Gasteiger partial charge in [-0.15, -0.1) is 0 Å². The van der Waals surface area contributed by atoms with Crippen LogP contribution in [0.1, 0.15) is 44.6 Å². The molecular formula is C17H25NO.